The highest BCUT2D eigenvalue weighted by molar-refractivity contribution is 5.83. The molecule has 6 nitrogen and oxygen atoms in total. The van der Waals surface area contributed by atoms with E-state index in [1.165, 1.54) is 6.07 Å². The number of anilines is 1. The maximum absolute atomic E-state index is 12.8. The fourth-order valence-electron chi connectivity index (χ4n) is 1.04. The molecule has 1 rings (SSSR count). The Kier molecular flexibility index (Phi) is 3.48. The van der Waals surface area contributed by atoms with E-state index in [0.29, 0.717) is 0 Å². The number of hydrogen-bond donors (Lipinski definition) is 2. The van der Waals surface area contributed by atoms with Gasteiger partial charge in [-0.2, -0.15) is 0 Å². The summed E-state index contributed by atoms with van der Waals surface area (Å²) in [4.78, 5) is 12.9. The Morgan fingerprint density at radius 3 is 3.00 bits per heavy atom. The molecule has 0 spiro atoms. The van der Waals surface area contributed by atoms with E-state index in [0.717, 1.165) is 12.1 Å². The van der Waals surface area contributed by atoms with Crippen LogP contribution in [0, 0.1) is 5.82 Å². The quantitative estimate of drug-likeness (QED) is 0.455. The third kappa shape index (κ3) is 3.17. The minimum absolute atomic E-state index is 0.107. The second kappa shape index (κ2) is 4.83. The summed E-state index contributed by atoms with van der Waals surface area (Å²) in [7, 11) is 0. The van der Waals surface area contributed by atoms with E-state index in [-0.39, 0.29) is 17.8 Å². The molecule has 0 saturated carbocycles. The first-order valence-corrected chi connectivity index (χ1v) is 3.92. The zero-order valence-corrected chi connectivity index (χ0v) is 7.51. The number of halogens is 1. The van der Waals surface area contributed by atoms with Gasteiger partial charge in [-0.15, -0.1) is 0 Å². The molecular weight excluding hydrogens is 203 g/mol. The van der Waals surface area contributed by atoms with Crippen LogP contribution in [0.5, 0.6) is 0 Å². The van der Waals surface area contributed by atoms with Crippen LogP contribution in [0.15, 0.2) is 23.3 Å². The van der Waals surface area contributed by atoms with Crippen LogP contribution in [0.2, 0.25) is 0 Å². The molecule has 0 heterocycles. The predicted molar refractivity (Wildman–Crippen MR) is 50.9 cm³/mol. The first-order chi connectivity index (χ1) is 7.13. The molecule has 0 aromatic heterocycles. The first-order valence-electron chi connectivity index (χ1n) is 3.92. The van der Waals surface area contributed by atoms with Gasteiger partial charge >= 0.3 is 6.09 Å². The van der Waals surface area contributed by atoms with Gasteiger partial charge in [0, 0.05) is 10.6 Å². The van der Waals surface area contributed by atoms with Crippen molar-refractivity contribution in [2.45, 2.75) is 6.54 Å². The Morgan fingerprint density at radius 1 is 1.67 bits per heavy atom. The largest absolute Gasteiger partial charge is 0.465 e. The molecule has 0 unspecified atom stereocenters. The first kappa shape index (κ1) is 10.8. The summed E-state index contributed by atoms with van der Waals surface area (Å²) in [6, 6.07) is 3.50. The number of azide groups is 1. The van der Waals surface area contributed by atoms with Gasteiger partial charge in [-0.1, -0.05) is 5.11 Å². The number of nitrogens with zero attached hydrogens (tertiary/aromatic N) is 3. The summed E-state index contributed by atoms with van der Waals surface area (Å²) >= 11 is 0. The molecule has 7 heteroatoms. The molecule has 0 saturated heterocycles. The van der Waals surface area contributed by atoms with Crippen LogP contribution in [0.25, 0.3) is 10.4 Å². The molecule has 1 aromatic rings. The summed E-state index contributed by atoms with van der Waals surface area (Å²) < 4.78 is 12.8. The van der Waals surface area contributed by atoms with Crippen LogP contribution < -0.4 is 5.32 Å². The Bertz CT molecular complexity index is 429. The molecule has 1 aromatic carbocycles. The van der Waals surface area contributed by atoms with Crippen LogP contribution in [0.1, 0.15) is 5.56 Å². The molecule has 15 heavy (non-hydrogen) atoms. The zero-order chi connectivity index (χ0) is 11.3. The third-order valence-corrected chi connectivity index (χ3v) is 1.61. The van der Waals surface area contributed by atoms with Crippen LogP contribution in [-0.4, -0.2) is 11.2 Å². The van der Waals surface area contributed by atoms with Gasteiger partial charge in [0.1, 0.15) is 5.82 Å². The second-order valence-corrected chi connectivity index (χ2v) is 2.62. The highest BCUT2D eigenvalue weighted by Crippen LogP contribution is 2.18. The number of carboxylic acid groups (broad SMARTS) is 1. The number of hydrogen-bond acceptors (Lipinski definition) is 2. The maximum Gasteiger partial charge on any atom is 0.409 e. The lowest BCUT2D eigenvalue weighted by molar-refractivity contribution is 0.209. The summed E-state index contributed by atoms with van der Waals surface area (Å²) in [5, 5.41) is 13.8. The highest BCUT2D eigenvalue weighted by atomic mass is 19.1. The monoisotopic (exact) mass is 210 g/mol. The van der Waals surface area contributed by atoms with Gasteiger partial charge in [0.25, 0.3) is 0 Å². The standard InChI is InChI=1S/C8H7FN4O2/c9-6-1-2-7(12-8(14)15)5(3-6)4-11-13-10/h1-3,12H,4H2,(H,14,15). The van der Waals surface area contributed by atoms with Gasteiger partial charge in [0.2, 0.25) is 0 Å². The lowest BCUT2D eigenvalue weighted by Crippen LogP contribution is -2.09. The number of benzene rings is 1. The van der Waals surface area contributed by atoms with E-state index in [2.05, 4.69) is 15.3 Å². The molecular formula is C8H7FN4O2. The molecule has 0 atom stereocenters. The fraction of sp³-hybridized carbons (Fsp3) is 0.125. The molecule has 0 aliphatic heterocycles. The fourth-order valence-corrected chi connectivity index (χ4v) is 1.04. The molecule has 2 N–H and O–H groups in total. The molecule has 78 valence electrons. The van der Waals surface area contributed by atoms with E-state index >= 15 is 0 Å². The van der Waals surface area contributed by atoms with Crippen molar-refractivity contribution in [3.8, 4) is 0 Å². The smallest absolute Gasteiger partial charge is 0.409 e. The molecule has 0 aliphatic rings. The lowest BCUT2D eigenvalue weighted by Gasteiger charge is -2.06. The number of rotatable bonds is 3. The van der Waals surface area contributed by atoms with Gasteiger partial charge in [-0.3, -0.25) is 5.32 Å². The van der Waals surface area contributed by atoms with E-state index in [1.54, 1.807) is 0 Å². The number of nitrogens with one attached hydrogen (secondary N) is 1. The summed E-state index contributed by atoms with van der Waals surface area (Å²) in [6.45, 7) is -0.107. The van der Waals surface area contributed by atoms with Crippen molar-refractivity contribution in [2.75, 3.05) is 5.32 Å². The van der Waals surface area contributed by atoms with Gasteiger partial charge in [0.05, 0.1) is 6.54 Å². The molecule has 1 amide bonds. The molecule has 0 fully saturated rings. The molecule has 0 aliphatic carbocycles. The van der Waals surface area contributed by atoms with Crippen LogP contribution >= 0.6 is 0 Å². The summed E-state index contributed by atoms with van der Waals surface area (Å²) in [5.41, 5.74) is 8.59. The Balaban J connectivity index is 3.01. The maximum atomic E-state index is 12.8. The predicted octanol–water partition coefficient (Wildman–Crippen LogP) is 2.73. The van der Waals surface area contributed by atoms with Gasteiger partial charge in [-0.25, -0.2) is 9.18 Å². The average molecular weight is 210 g/mol. The van der Waals surface area contributed by atoms with Crippen molar-refractivity contribution in [3.63, 3.8) is 0 Å². The topological polar surface area (TPSA) is 98.1 Å². The van der Waals surface area contributed by atoms with Gasteiger partial charge in [-0.05, 0) is 29.3 Å². The van der Waals surface area contributed by atoms with Crippen molar-refractivity contribution < 1.29 is 14.3 Å². The van der Waals surface area contributed by atoms with Crippen LogP contribution in [0.4, 0.5) is 14.9 Å². The van der Waals surface area contributed by atoms with Crippen molar-refractivity contribution >= 4 is 11.8 Å². The van der Waals surface area contributed by atoms with E-state index < -0.39 is 11.9 Å². The minimum atomic E-state index is -1.26. The van der Waals surface area contributed by atoms with Gasteiger partial charge < -0.3 is 5.11 Å². The number of amides is 1. The summed E-state index contributed by atoms with van der Waals surface area (Å²) in [6.07, 6.45) is -1.26. The van der Waals surface area contributed by atoms with Crippen molar-refractivity contribution in [1.82, 2.24) is 0 Å². The van der Waals surface area contributed by atoms with Crippen molar-refractivity contribution in [2.24, 2.45) is 5.11 Å². The van der Waals surface area contributed by atoms with E-state index in [4.69, 9.17) is 10.6 Å². The Hall–Kier alpha value is -2.27. The van der Waals surface area contributed by atoms with E-state index in [1.807, 2.05) is 0 Å². The van der Waals surface area contributed by atoms with Crippen molar-refractivity contribution in [3.05, 3.63) is 40.0 Å². The summed E-state index contributed by atoms with van der Waals surface area (Å²) in [5.74, 6) is -0.519. The minimum Gasteiger partial charge on any atom is -0.465 e. The Morgan fingerprint density at radius 2 is 2.40 bits per heavy atom. The SMILES string of the molecule is [N-]=[N+]=NCc1cc(F)ccc1NC(=O)O. The van der Waals surface area contributed by atoms with Crippen LogP contribution in [0.3, 0.4) is 0 Å². The second-order valence-electron chi connectivity index (χ2n) is 2.62. The average Bonchev–Trinajstić information content (AvgIpc) is 2.18. The lowest BCUT2D eigenvalue weighted by atomic mass is 10.2. The number of carbonyl (C=O) groups is 1. The van der Waals surface area contributed by atoms with Crippen molar-refractivity contribution in [1.29, 1.82) is 0 Å². The highest BCUT2D eigenvalue weighted by Gasteiger charge is 2.05. The molecule has 0 bridgehead atoms. The third-order valence-electron chi connectivity index (χ3n) is 1.61. The molecule has 0 radical (unpaired) electrons. The van der Waals surface area contributed by atoms with E-state index in [9.17, 15) is 9.18 Å². The normalized spacial score (nSPS) is 9.13. The van der Waals surface area contributed by atoms with Crippen LogP contribution in [-0.2, 0) is 6.54 Å². The zero-order valence-electron chi connectivity index (χ0n) is 7.51. The van der Waals surface area contributed by atoms with Gasteiger partial charge in [0.15, 0.2) is 0 Å². The Labute approximate surface area is 84.0 Å².